The van der Waals surface area contributed by atoms with E-state index in [0.717, 1.165) is 57.8 Å². The Bertz CT molecular complexity index is 907. The van der Waals surface area contributed by atoms with Crippen LogP contribution < -0.4 is 0 Å². The molecule has 0 aromatic heterocycles. The van der Waals surface area contributed by atoms with Gasteiger partial charge in [-0.05, 0) is 44.9 Å². The highest BCUT2D eigenvalue weighted by atomic mass is 16.7. The van der Waals surface area contributed by atoms with Gasteiger partial charge in [0.25, 0.3) is 0 Å². The van der Waals surface area contributed by atoms with Crippen LogP contribution in [0.5, 0.6) is 0 Å². The summed E-state index contributed by atoms with van der Waals surface area (Å²) in [5, 5.41) is 40.0. The number of esters is 2. The molecule has 1 heterocycles. The second-order valence-corrected chi connectivity index (χ2v) is 14.4. The highest BCUT2D eigenvalue weighted by molar-refractivity contribution is 5.70. The largest absolute Gasteiger partial charge is 0.462 e. The summed E-state index contributed by atoms with van der Waals surface area (Å²) < 4.78 is 22.1. The van der Waals surface area contributed by atoms with Gasteiger partial charge in [0.2, 0.25) is 0 Å². The topological polar surface area (TPSA) is 152 Å². The molecule has 1 saturated heterocycles. The molecule has 0 aromatic rings. The molecule has 0 aromatic carbocycles. The number of ether oxygens (including phenoxy) is 4. The van der Waals surface area contributed by atoms with Gasteiger partial charge in [-0.15, -0.1) is 0 Å². The number of unbranched alkanes of at least 4 members (excludes halogenated alkanes) is 19. The molecule has 0 bridgehead atoms. The van der Waals surface area contributed by atoms with Crippen LogP contribution in [-0.2, 0) is 28.5 Å². The summed E-state index contributed by atoms with van der Waals surface area (Å²) in [7, 11) is 0. The molecule has 1 fully saturated rings. The smallest absolute Gasteiger partial charge is 0.306 e. The Labute approximate surface area is 315 Å². The van der Waals surface area contributed by atoms with Crippen LogP contribution in [0, 0.1) is 0 Å². The highest BCUT2D eigenvalue weighted by Crippen LogP contribution is 2.22. The third-order valence-corrected chi connectivity index (χ3v) is 9.59. The number of carbonyl (C=O) groups excluding carboxylic acids is 2. The van der Waals surface area contributed by atoms with E-state index in [2.05, 4.69) is 38.2 Å². The molecule has 0 amide bonds. The van der Waals surface area contributed by atoms with Gasteiger partial charge >= 0.3 is 11.9 Å². The first-order valence-electron chi connectivity index (χ1n) is 20.9. The van der Waals surface area contributed by atoms with Crippen molar-refractivity contribution >= 4 is 11.9 Å². The summed E-state index contributed by atoms with van der Waals surface area (Å²) in [6, 6.07) is 0. The number of allylic oxidation sites excluding steroid dienone is 4. The van der Waals surface area contributed by atoms with Crippen molar-refractivity contribution in [2.75, 3.05) is 19.8 Å². The molecule has 52 heavy (non-hydrogen) atoms. The fraction of sp³-hybridized carbons (Fsp3) is 0.857. The Morgan fingerprint density at radius 1 is 0.596 bits per heavy atom. The van der Waals surface area contributed by atoms with E-state index in [0.29, 0.717) is 6.42 Å². The lowest BCUT2D eigenvalue weighted by Gasteiger charge is -2.39. The fourth-order valence-electron chi connectivity index (χ4n) is 6.22. The van der Waals surface area contributed by atoms with E-state index in [1.165, 1.54) is 83.5 Å². The van der Waals surface area contributed by atoms with Gasteiger partial charge < -0.3 is 39.4 Å². The number of aliphatic hydroxyl groups excluding tert-OH is 4. The lowest BCUT2D eigenvalue weighted by Crippen LogP contribution is -2.59. The van der Waals surface area contributed by atoms with Crippen molar-refractivity contribution in [2.24, 2.45) is 0 Å². The van der Waals surface area contributed by atoms with Crippen molar-refractivity contribution < 1.29 is 49.0 Å². The van der Waals surface area contributed by atoms with E-state index in [4.69, 9.17) is 18.9 Å². The number of hydrogen-bond acceptors (Lipinski definition) is 10. The summed E-state index contributed by atoms with van der Waals surface area (Å²) >= 11 is 0. The van der Waals surface area contributed by atoms with Gasteiger partial charge in [-0.2, -0.15) is 0 Å². The molecule has 4 N–H and O–H groups in total. The molecule has 1 aliphatic rings. The molecule has 10 nitrogen and oxygen atoms in total. The minimum Gasteiger partial charge on any atom is -0.462 e. The zero-order valence-corrected chi connectivity index (χ0v) is 32.8. The number of hydrogen-bond donors (Lipinski definition) is 4. The first-order chi connectivity index (χ1) is 25.3. The molecule has 10 heteroatoms. The Morgan fingerprint density at radius 3 is 1.62 bits per heavy atom. The summed E-state index contributed by atoms with van der Waals surface area (Å²) in [4.78, 5) is 25.2. The molecule has 0 spiro atoms. The molecule has 0 aliphatic carbocycles. The first-order valence-corrected chi connectivity index (χ1v) is 20.9. The summed E-state index contributed by atoms with van der Waals surface area (Å²) in [6.07, 6.45) is 27.5. The second-order valence-electron chi connectivity index (χ2n) is 14.4. The Balaban J connectivity index is 2.37. The molecule has 1 aliphatic heterocycles. The van der Waals surface area contributed by atoms with Gasteiger partial charge in [0.15, 0.2) is 12.4 Å². The molecule has 1 rings (SSSR count). The molecular weight excluding hydrogens is 664 g/mol. The molecule has 6 unspecified atom stereocenters. The minimum atomic E-state index is -1.59. The van der Waals surface area contributed by atoms with Crippen molar-refractivity contribution in [2.45, 2.75) is 211 Å². The fourth-order valence-corrected chi connectivity index (χ4v) is 6.22. The average Bonchev–Trinajstić information content (AvgIpc) is 3.14. The van der Waals surface area contributed by atoms with Gasteiger partial charge in [-0.25, -0.2) is 0 Å². The van der Waals surface area contributed by atoms with Gasteiger partial charge in [0.1, 0.15) is 31.0 Å². The minimum absolute atomic E-state index is 0.216. The van der Waals surface area contributed by atoms with E-state index >= 15 is 0 Å². The van der Waals surface area contributed by atoms with Crippen LogP contribution in [0.25, 0.3) is 0 Å². The maximum absolute atomic E-state index is 12.7. The van der Waals surface area contributed by atoms with E-state index in [1.54, 1.807) is 0 Å². The van der Waals surface area contributed by atoms with Crippen molar-refractivity contribution in [1.29, 1.82) is 0 Å². The van der Waals surface area contributed by atoms with Crippen LogP contribution >= 0.6 is 0 Å². The SMILES string of the molecule is CCCCCC/C=C\C/C=C\CCCCCCCC(=O)OC(COC(=O)CCCCCCCCCCCCC)COC1OC(CO)C(O)C(O)C1O. The van der Waals surface area contributed by atoms with Gasteiger partial charge in [0, 0.05) is 12.8 Å². The van der Waals surface area contributed by atoms with Crippen molar-refractivity contribution in [3.63, 3.8) is 0 Å². The maximum Gasteiger partial charge on any atom is 0.306 e. The first kappa shape index (κ1) is 48.2. The molecule has 0 saturated carbocycles. The maximum atomic E-state index is 12.7. The van der Waals surface area contributed by atoms with Gasteiger partial charge in [0.05, 0.1) is 13.2 Å². The van der Waals surface area contributed by atoms with Gasteiger partial charge in [-0.3, -0.25) is 9.59 Å². The highest BCUT2D eigenvalue weighted by Gasteiger charge is 2.44. The zero-order chi connectivity index (χ0) is 38.1. The standard InChI is InChI=1S/C42H76O10/c1-3-5-7-9-11-13-15-16-17-18-19-21-23-25-27-29-31-38(45)51-35(34-50-42-41(48)40(47)39(46)36(32-43)52-42)33-49-37(44)30-28-26-24-22-20-14-12-10-8-6-4-2/h13,15,17-18,35-36,39-43,46-48H,3-12,14,16,19-34H2,1-2H3/b15-13-,18-17-. The molecule has 6 atom stereocenters. The average molecular weight is 741 g/mol. The number of carbonyl (C=O) groups is 2. The monoisotopic (exact) mass is 741 g/mol. The Kier molecular flexibility index (Phi) is 31.3. The van der Waals surface area contributed by atoms with E-state index in [1.807, 2.05) is 0 Å². The second kappa shape index (κ2) is 33.7. The zero-order valence-electron chi connectivity index (χ0n) is 32.8. The summed E-state index contributed by atoms with van der Waals surface area (Å²) in [5.74, 6) is -0.820. The third-order valence-electron chi connectivity index (χ3n) is 9.59. The molecule has 0 radical (unpaired) electrons. The van der Waals surface area contributed by atoms with E-state index < -0.39 is 49.4 Å². The molecule has 304 valence electrons. The number of rotatable bonds is 34. The Hall–Kier alpha value is -1.82. The van der Waals surface area contributed by atoms with Crippen LogP contribution in [-0.4, -0.2) is 89.0 Å². The van der Waals surface area contributed by atoms with Crippen LogP contribution in [0.4, 0.5) is 0 Å². The lowest BCUT2D eigenvalue weighted by atomic mass is 9.99. The van der Waals surface area contributed by atoms with E-state index in [9.17, 15) is 30.0 Å². The summed E-state index contributed by atoms with van der Waals surface area (Å²) in [5.41, 5.74) is 0. The normalized spacial score (nSPS) is 21.2. The quantitative estimate of drug-likeness (QED) is 0.0289. The van der Waals surface area contributed by atoms with Crippen molar-refractivity contribution in [1.82, 2.24) is 0 Å². The van der Waals surface area contributed by atoms with Crippen LogP contribution in [0.3, 0.4) is 0 Å². The molecular formula is C42H76O10. The van der Waals surface area contributed by atoms with Crippen LogP contribution in [0.15, 0.2) is 24.3 Å². The predicted molar refractivity (Wildman–Crippen MR) is 206 cm³/mol. The van der Waals surface area contributed by atoms with Crippen LogP contribution in [0.2, 0.25) is 0 Å². The van der Waals surface area contributed by atoms with Crippen molar-refractivity contribution in [3.05, 3.63) is 24.3 Å². The number of aliphatic hydroxyl groups is 4. The lowest BCUT2D eigenvalue weighted by molar-refractivity contribution is -0.305. The van der Waals surface area contributed by atoms with E-state index in [-0.39, 0.29) is 32.0 Å². The predicted octanol–water partition coefficient (Wildman–Crippen LogP) is 8.16. The van der Waals surface area contributed by atoms with Gasteiger partial charge in [-0.1, -0.05) is 141 Å². The van der Waals surface area contributed by atoms with Crippen molar-refractivity contribution in [3.8, 4) is 0 Å². The Morgan fingerprint density at radius 2 is 1.08 bits per heavy atom. The van der Waals surface area contributed by atoms with Crippen LogP contribution in [0.1, 0.15) is 174 Å². The summed E-state index contributed by atoms with van der Waals surface area (Å²) in [6.45, 7) is 3.38. The third kappa shape index (κ3) is 25.2.